The summed E-state index contributed by atoms with van der Waals surface area (Å²) >= 11 is 3.59. The van der Waals surface area contributed by atoms with Crippen molar-refractivity contribution in [1.29, 1.82) is 0 Å². The maximum atomic E-state index is 5.36. The molecule has 6 aromatic carbocycles. The van der Waals surface area contributed by atoms with Crippen molar-refractivity contribution in [3.63, 3.8) is 0 Å². The number of aromatic nitrogens is 3. The first-order chi connectivity index (χ1) is 24.0. The van der Waals surface area contributed by atoms with Crippen molar-refractivity contribution < 1.29 is 0 Å². The highest BCUT2D eigenvalue weighted by Crippen LogP contribution is 2.51. The number of hydrogen-bond acceptors (Lipinski definition) is 5. The monoisotopic (exact) mass is 663 g/mol. The van der Waals surface area contributed by atoms with Gasteiger partial charge in [0.2, 0.25) is 0 Å². The van der Waals surface area contributed by atoms with E-state index in [4.69, 9.17) is 15.0 Å². The minimum Gasteiger partial charge on any atom is -0.236 e. The molecule has 0 bridgehead atoms. The third kappa shape index (κ3) is 4.43. The number of thiazole rings is 1. The summed E-state index contributed by atoms with van der Waals surface area (Å²) in [5.41, 5.74) is 12.1. The molecule has 0 fully saturated rings. The van der Waals surface area contributed by atoms with Crippen molar-refractivity contribution in [2.24, 2.45) is 0 Å². The third-order valence-corrected chi connectivity index (χ3v) is 12.3. The first-order valence-electron chi connectivity index (χ1n) is 16.5. The van der Waals surface area contributed by atoms with Crippen LogP contribution in [-0.4, -0.2) is 15.0 Å². The van der Waals surface area contributed by atoms with E-state index in [1.165, 1.54) is 52.7 Å². The van der Waals surface area contributed by atoms with Crippen LogP contribution < -0.4 is 0 Å². The van der Waals surface area contributed by atoms with Crippen LogP contribution in [0.1, 0.15) is 25.0 Å². The summed E-state index contributed by atoms with van der Waals surface area (Å²) in [6.45, 7) is 4.60. The van der Waals surface area contributed by atoms with E-state index in [9.17, 15) is 0 Å². The van der Waals surface area contributed by atoms with Gasteiger partial charge >= 0.3 is 0 Å². The summed E-state index contributed by atoms with van der Waals surface area (Å²) in [5, 5.41) is 3.65. The van der Waals surface area contributed by atoms with Gasteiger partial charge in [0, 0.05) is 53.4 Å². The Morgan fingerprint density at radius 1 is 0.469 bits per heavy atom. The van der Waals surface area contributed by atoms with Crippen molar-refractivity contribution in [3.05, 3.63) is 151 Å². The van der Waals surface area contributed by atoms with E-state index in [2.05, 4.69) is 147 Å². The Labute approximate surface area is 292 Å². The van der Waals surface area contributed by atoms with Crippen LogP contribution in [0.25, 0.3) is 86.0 Å². The molecule has 0 saturated heterocycles. The number of benzene rings is 6. The Kier molecular flexibility index (Phi) is 6.26. The molecule has 232 valence electrons. The van der Waals surface area contributed by atoms with Crippen molar-refractivity contribution in [1.82, 2.24) is 15.0 Å². The van der Waals surface area contributed by atoms with Gasteiger partial charge in [0.15, 0.2) is 5.82 Å². The lowest BCUT2D eigenvalue weighted by atomic mass is 9.80. The molecule has 0 unspecified atom stereocenters. The number of hydrogen-bond donors (Lipinski definition) is 0. The van der Waals surface area contributed by atoms with Crippen LogP contribution in [0.15, 0.2) is 140 Å². The summed E-state index contributed by atoms with van der Waals surface area (Å²) in [6, 6.07) is 49.9. The summed E-state index contributed by atoms with van der Waals surface area (Å²) in [6.07, 6.45) is 0. The molecule has 0 spiro atoms. The van der Waals surface area contributed by atoms with E-state index >= 15 is 0 Å². The lowest BCUT2D eigenvalue weighted by Crippen LogP contribution is -2.17. The van der Waals surface area contributed by atoms with Crippen molar-refractivity contribution >= 4 is 53.1 Å². The van der Waals surface area contributed by atoms with Gasteiger partial charge in [-0.15, -0.1) is 22.7 Å². The quantitative estimate of drug-likeness (QED) is 0.188. The molecule has 0 radical (unpaired) electrons. The lowest BCUT2D eigenvalue weighted by Gasteiger charge is -2.24. The molecule has 3 aromatic heterocycles. The Balaban J connectivity index is 1.10. The highest BCUT2D eigenvalue weighted by molar-refractivity contribution is 7.26. The molecular formula is C44H29N3S2. The largest absolute Gasteiger partial charge is 0.236 e. The zero-order chi connectivity index (χ0) is 32.7. The molecule has 10 rings (SSSR count). The van der Waals surface area contributed by atoms with Crippen LogP contribution >= 0.6 is 22.7 Å². The molecule has 49 heavy (non-hydrogen) atoms. The number of rotatable bonds is 4. The Hall–Kier alpha value is -5.49. The van der Waals surface area contributed by atoms with Crippen LogP contribution in [-0.2, 0) is 5.41 Å². The summed E-state index contributed by atoms with van der Waals surface area (Å²) in [5.74, 6) is 0.733. The van der Waals surface area contributed by atoms with Crippen molar-refractivity contribution in [2.75, 3.05) is 0 Å². The topological polar surface area (TPSA) is 38.7 Å². The molecule has 3 nitrogen and oxygen atoms in total. The standard InChI is InChI=1S/C44H29N3S2/c1-44(2)34-14-5-3-11-33(34)40-38(44)39(46-42(47-40)28-22-24-29(25-23-28)43-45-35-15-6-8-17-37(35)49-43)27-20-18-26(19-21-27)30-12-9-13-32-31-10-4-7-16-36(31)48-41(30)32/h3-25H,1-2H3. The van der Waals surface area contributed by atoms with Crippen molar-refractivity contribution in [2.45, 2.75) is 19.3 Å². The molecule has 0 saturated carbocycles. The van der Waals surface area contributed by atoms with E-state index in [1.54, 1.807) is 11.3 Å². The number of fused-ring (bicyclic) bond motifs is 7. The van der Waals surface area contributed by atoms with Gasteiger partial charge in [-0.05, 0) is 34.9 Å². The Morgan fingerprint density at radius 3 is 1.94 bits per heavy atom. The summed E-state index contributed by atoms with van der Waals surface area (Å²) in [7, 11) is 0. The summed E-state index contributed by atoms with van der Waals surface area (Å²) in [4.78, 5) is 15.5. The van der Waals surface area contributed by atoms with Gasteiger partial charge in [-0.25, -0.2) is 15.0 Å². The van der Waals surface area contributed by atoms with Crippen LogP contribution in [0.4, 0.5) is 0 Å². The fourth-order valence-corrected chi connectivity index (χ4v) is 9.70. The predicted molar refractivity (Wildman–Crippen MR) is 207 cm³/mol. The highest BCUT2D eigenvalue weighted by atomic mass is 32.1. The smallest absolute Gasteiger partial charge is 0.160 e. The van der Waals surface area contributed by atoms with E-state index < -0.39 is 0 Å². The average molecular weight is 664 g/mol. The van der Waals surface area contributed by atoms with Crippen LogP contribution in [0.3, 0.4) is 0 Å². The lowest BCUT2D eigenvalue weighted by molar-refractivity contribution is 0.658. The zero-order valence-electron chi connectivity index (χ0n) is 26.9. The molecule has 0 aliphatic heterocycles. The molecule has 3 heterocycles. The van der Waals surface area contributed by atoms with Crippen molar-refractivity contribution in [3.8, 4) is 55.6 Å². The first kappa shape index (κ1) is 28.5. The maximum absolute atomic E-state index is 5.36. The maximum Gasteiger partial charge on any atom is 0.160 e. The predicted octanol–water partition coefficient (Wildman–Crippen LogP) is 12.4. The molecule has 5 heteroatoms. The molecule has 0 amide bonds. The van der Waals surface area contributed by atoms with Crippen LogP contribution in [0.5, 0.6) is 0 Å². The molecule has 0 atom stereocenters. The zero-order valence-corrected chi connectivity index (χ0v) is 28.6. The first-order valence-corrected chi connectivity index (χ1v) is 18.2. The van der Waals surface area contributed by atoms with Gasteiger partial charge < -0.3 is 0 Å². The van der Waals surface area contributed by atoms with Gasteiger partial charge in [-0.3, -0.25) is 0 Å². The fourth-order valence-electron chi connectivity index (χ4n) is 7.49. The molecule has 1 aliphatic carbocycles. The number of para-hydroxylation sites is 1. The van der Waals surface area contributed by atoms with Crippen LogP contribution in [0.2, 0.25) is 0 Å². The second-order valence-electron chi connectivity index (χ2n) is 13.2. The minimum absolute atomic E-state index is 0.238. The normalized spacial score (nSPS) is 13.3. The van der Waals surface area contributed by atoms with Gasteiger partial charge in [-0.2, -0.15) is 0 Å². The SMILES string of the molecule is CC1(C)c2ccccc2-c2nc(-c3ccc(-c4nc5ccccc5s4)cc3)nc(-c3ccc(-c4cccc5c4sc4ccccc45)cc3)c21. The Bertz CT molecular complexity index is 2700. The average Bonchev–Trinajstić information content (AvgIpc) is 3.82. The second kappa shape index (κ2) is 10.8. The van der Waals surface area contributed by atoms with E-state index in [-0.39, 0.29) is 5.41 Å². The van der Waals surface area contributed by atoms with Gasteiger partial charge in [0.05, 0.1) is 21.6 Å². The number of nitrogens with zero attached hydrogens (tertiary/aromatic N) is 3. The Morgan fingerprint density at radius 2 is 1.10 bits per heavy atom. The van der Waals surface area contributed by atoms with Crippen LogP contribution in [0, 0.1) is 0 Å². The highest BCUT2D eigenvalue weighted by Gasteiger charge is 2.40. The molecule has 0 N–H and O–H groups in total. The van der Waals surface area contributed by atoms with Gasteiger partial charge in [-0.1, -0.05) is 135 Å². The molecule has 1 aliphatic rings. The summed E-state index contributed by atoms with van der Waals surface area (Å²) < 4.78 is 3.84. The van der Waals surface area contributed by atoms with Gasteiger partial charge in [0.25, 0.3) is 0 Å². The second-order valence-corrected chi connectivity index (χ2v) is 15.3. The van der Waals surface area contributed by atoms with E-state index in [0.29, 0.717) is 0 Å². The molecular weight excluding hydrogens is 635 g/mol. The third-order valence-electron chi connectivity index (χ3n) is 9.95. The minimum atomic E-state index is -0.238. The van der Waals surface area contributed by atoms with Gasteiger partial charge in [0.1, 0.15) is 5.01 Å². The van der Waals surface area contributed by atoms with E-state index in [0.717, 1.165) is 44.4 Å². The van der Waals surface area contributed by atoms with E-state index in [1.807, 2.05) is 17.4 Å². The number of thiophene rings is 1. The fraction of sp³-hybridized carbons (Fsp3) is 0.0682. The molecule has 9 aromatic rings.